The minimum absolute atomic E-state index is 0.0445. The summed E-state index contributed by atoms with van der Waals surface area (Å²) in [6, 6.07) is -7.47. The molecule has 0 aromatic heterocycles. The Kier molecular flexibility index (Phi) is 23.7. The zero-order chi connectivity index (χ0) is 43.3. The molecule has 56 heavy (non-hydrogen) atoms. The van der Waals surface area contributed by atoms with Crippen LogP contribution in [0.3, 0.4) is 0 Å². The molecule has 0 radical (unpaired) electrons. The Balaban J connectivity index is 6.18. The van der Waals surface area contributed by atoms with Gasteiger partial charge in [-0.15, -0.1) is 0 Å². The lowest BCUT2D eigenvalue weighted by Gasteiger charge is -2.27. The number of carbonyl (C=O) groups is 6. The number of hydrogen-bond donors (Lipinski definition) is 13. The van der Waals surface area contributed by atoms with Crippen molar-refractivity contribution in [2.75, 3.05) is 19.6 Å². The quantitative estimate of drug-likeness (QED) is 0.0162. The summed E-state index contributed by atoms with van der Waals surface area (Å²) in [4.78, 5) is 105. The normalized spacial score (nSPS) is 15.2. The molecule has 0 heterocycles. The van der Waals surface area contributed by atoms with E-state index in [2.05, 4.69) is 41.1 Å². The molecular weight excluding hydrogens is 757 g/mol. The summed E-state index contributed by atoms with van der Waals surface area (Å²) in [6.07, 6.45) is -0.514. The number of nitrogens with two attached hydrogens (primary N) is 6. The topological polar surface area (TPSA) is 410 Å². The number of Topliss-reactive ketones (excluding diaryl/α,β-unsaturated/α-hetero) is 1. The molecule has 2 unspecified atom stereocenters. The number of phosphoric acid groups is 1. The molecule has 7 atom stereocenters. The molecule has 24 heteroatoms. The number of ketones is 1. The minimum Gasteiger partial charge on any atom is -0.370 e. The summed E-state index contributed by atoms with van der Waals surface area (Å²) < 4.78 is 16.2. The fourth-order valence-electron chi connectivity index (χ4n) is 5.14. The van der Waals surface area contributed by atoms with Gasteiger partial charge in [0.2, 0.25) is 29.5 Å². The van der Waals surface area contributed by atoms with E-state index in [1.54, 1.807) is 0 Å². The van der Waals surface area contributed by atoms with Crippen LogP contribution in [0.25, 0.3) is 0 Å². The maximum Gasteiger partial charge on any atom is 0.469 e. The van der Waals surface area contributed by atoms with Crippen LogP contribution in [0.1, 0.15) is 80.1 Å². The first kappa shape index (κ1) is 51.6. The minimum atomic E-state index is -5.16. The SMILES string of the molecule is CC(C)C[C@H](N)C(=O)NCC(=O)C(NC(=O)[C@H](C)NC(=O)[C@H](CCCN=C(N)N)NC(=O)[C@H](CCCN=C(N)N)NC(=O)[C@@H](N)CC(C)C)C(C)OP(=O)(O)O. The monoisotopic (exact) mass is 821 g/mol. The van der Waals surface area contributed by atoms with Crippen molar-refractivity contribution in [1.29, 1.82) is 0 Å². The molecule has 19 N–H and O–H groups in total. The Labute approximate surface area is 327 Å². The van der Waals surface area contributed by atoms with Gasteiger partial charge in [-0.1, -0.05) is 27.7 Å². The van der Waals surface area contributed by atoms with Crippen molar-refractivity contribution in [1.82, 2.24) is 26.6 Å². The number of rotatable bonds is 27. The number of aliphatic imine (C=N–C) groups is 2. The van der Waals surface area contributed by atoms with Crippen molar-refractivity contribution in [3.63, 3.8) is 0 Å². The number of carbonyl (C=O) groups excluding carboxylic acids is 6. The predicted octanol–water partition coefficient (Wildman–Crippen LogP) is -4.02. The standard InChI is InChI=1S/C32H64N13O10P/c1-16(2)13-20(33)27(48)41-15-24(46)25(19(6)55-56(52,53)54)45-26(47)18(5)42-29(50)22(9-7-11-39-31(35)36)44-30(51)23(10-8-12-40-32(37)38)43-28(49)21(34)14-17(3)4/h16-23,25H,7-15,33-34H2,1-6H3,(H,41,48)(H,42,50)(H,43,49)(H,44,51)(H,45,47)(H4,35,36,39)(H4,37,38,40)(H2,52,53,54)/t18-,19?,20-,21-,22-,23-,25?/m0/s1. The first-order valence-electron chi connectivity index (χ1n) is 18.2. The van der Waals surface area contributed by atoms with E-state index in [-0.39, 0.29) is 62.5 Å². The fourth-order valence-corrected chi connectivity index (χ4v) is 5.69. The van der Waals surface area contributed by atoms with Crippen LogP contribution in [0.5, 0.6) is 0 Å². The summed E-state index contributed by atoms with van der Waals surface area (Å²) in [7, 11) is -5.16. The molecule has 322 valence electrons. The second-order valence-corrected chi connectivity index (χ2v) is 15.4. The zero-order valence-corrected chi connectivity index (χ0v) is 33.9. The van der Waals surface area contributed by atoms with Gasteiger partial charge in [-0.25, -0.2) is 4.57 Å². The number of amides is 5. The van der Waals surface area contributed by atoms with E-state index in [4.69, 9.17) is 34.4 Å². The van der Waals surface area contributed by atoms with E-state index >= 15 is 0 Å². The van der Waals surface area contributed by atoms with Gasteiger partial charge < -0.3 is 70.8 Å². The third-order valence-corrected chi connectivity index (χ3v) is 8.49. The zero-order valence-electron chi connectivity index (χ0n) is 33.0. The average molecular weight is 822 g/mol. The Morgan fingerprint density at radius 2 is 1.07 bits per heavy atom. The summed E-state index contributed by atoms with van der Waals surface area (Å²) in [5.41, 5.74) is 33.5. The fraction of sp³-hybridized carbons (Fsp3) is 0.750. The molecule has 0 saturated heterocycles. The van der Waals surface area contributed by atoms with Gasteiger partial charge in [0.25, 0.3) is 0 Å². The van der Waals surface area contributed by atoms with Crippen molar-refractivity contribution >= 4 is 55.1 Å². The van der Waals surface area contributed by atoms with Gasteiger partial charge in [0.15, 0.2) is 17.7 Å². The van der Waals surface area contributed by atoms with Gasteiger partial charge in [0.1, 0.15) is 24.2 Å². The van der Waals surface area contributed by atoms with E-state index in [0.29, 0.717) is 12.8 Å². The first-order chi connectivity index (χ1) is 25.8. The molecule has 0 fully saturated rings. The van der Waals surface area contributed by atoms with Crippen LogP contribution < -0.4 is 61.0 Å². The Bertz CT molecular complexity index is 1420. The van der Waals surface area contributed by atoms with Crippen LogP contribution in [0.2, 0.25) is 0 Å². The van der Waals surface area contributed by atoms with Crippen molar-refractivity contribution in [2.45, 2.75) is 122 Å². The smallest absolute Gasteiger partial charge is 0.370 e. The molecule has 0 aromatic rings. The number of nitrogens with one attached hydrogen (secondary N) is 5. The lowest BCUT2D eigenvalue weighted by atomic mass is 10.0. The molecule has 0 aliphatic rings. The van der Waals surface area contributed by atoms with Crippen LogP contribution in [-0.2, 0) is 37.9 Å². The lowest BCUT2D eigenvalue weighted by molar-refractivity contribution is -0.135. The van der Waals surface area contributed by atoms with Crippen LogP contribution >= 0.6 is 7.82 Å². The van der Waals surface area contributed by atoms with Gasteiger partial charge >= 0.3 is 7.82 Å². The number of phosphoric ester groups is 1. The van der Waals surface area contributed by atoms with E-state index < -0.39 is 92.0 Å². The highest BCUT2D eigenvalue weighted by Gasteiger charge is 2.35. The van der Waals surface area contributed by atoms with E-state index in [0.717, 1.165) is 6.92 Å². The highest BCUT2D eigenvalue weighted by Crippen LogP contribution is 2.38. The highest BCUT2D eigenvalue weighted by molar-refractivity contribution is 7.46. The van der Waals surface area contributed by atoms with E-state index in [9.17, 15) is 43.1 Å². The summed E-state index contributed by atoms with van der Waals surface area (Å²) >= 11 is 0. The van der Waals surface area contributed by atoms with E-state index in [1.807, 2.05) is 27.7 Å². The maximum absolute atomic E-state index is 13.6. The largest absolute Gasteiger partial charge is 0.469 e. The third kappa shape index (κ3) is 22.8. The van der Waals surface area contributed by atoms with Gasteiger partial charge in [0.05, 0.1) is 24.7 Å². The molecule has 0 aliphatic heterocycles. The van der Waals surface area contributed by atoms with Crippen LogP contribution in [0.4, 0.5) is 0 Å². The lowest BCUT2D eigenvalue weighted by Crippen LogP contribution is -2.59. The molecule has 0 aliphatic carbocycles. The molecule has 5 amide bonds. The Hall–Kier alpha value is -4.41. The molecule has 0 bridgehead atoms. The molecule has 0 spiro atoms. The van der Waals surface area contributed by atoms with Gasteiger partial charge in [0, 0.05) is 13.1 Å². The van der Waals surface area contributed by atoms with Crippen LogP contribution in [0.15, 0.2) is 9.98 Å². The summed E-state index contributed by atoms with van der Waals surface area (Å²) in [5, 5.41) is 12.3. The second kappa shape index (κ2) is 25.7. The third-order valence-electron chi connectivity index (χ3n) is 7.89. The molecule has 0 saturated carbocycles. The predicted molar refractivity (Wildman–Crippen MR) is 209 cm³/mol. The summed E-state index contributed by atoms with van der Waals surface area (Å²) in [6.45, 7) is 9.32. The van der Waals surface area contributed by atoms with Crippen molar-refractivity contribution < 1.29 is 47.6 Å². The van der Waals surface area contributed by atoms with Crippen molar-refractivity contribution in [3.05, 3.63) is 0 Å². The molecular formula is C32H64N13O10P. The van der Waals surface area contributed by atoms with Crippen LogP contribution in [-0.4, -0.2) is 119 Å². The highest BCUT2D eigenvalue weighted by atomic mass is 31.2. The Morgan fingerprint density at radius 3 is 1.50 bits per heavy atom. The van der Waals surface area contributed by atoms with Gasteiger partial charge in [-0.2, -0.15) is 0 Å². The van der Waals surface area contributed by atoms with E-state index in [1.165, 1.54) is 6.92 Å². The van der Waals surface area contributed by atoms with Crippen molar-refractivity contribution in [3.8, 4) is 0 Å². The van der Waals surface area contributed by atoms with Gasteiger partial charge in [-0.3, -0.25) is 43.3 Å². The molecule has 23 nitrogen and oxygen atoms in total. The van der Waals surface area contributed by atoms with Crippen molar-refractivity contribution in [2.24, 2.45) is 56.2 Å². The number of nitrogens with zero attached hydrogens (tertiary/aromatic N) is 2. The Morgan fingerprint density at radius 1 is 0.643 bits per heavy atom. The summed E-state index contributed by atoms with van der Waals surface area (Å²) in [5.74, 6) is -4.99. The second-order valence-electron chi connectivity index (χ2n) is 14.2. The number of guanidine groups is 2. The first-order valence-corrected chi connectivity index (χ1v) is 19.7. The van der Waals surface area contributed by atoms with Gasteiger partial charge in [-0.05, 0) is 64.2 Å². The van der Waals surface area contributed by atoms with Crippen LogP contribution in [0, 0.1) is 11.8 Å². The maximum atomic E-state index is 13.6. The molecule has 0 rings (SSSR count). The molecule has 0 aromatic carbocycles. The average Bonchev–Trinajstić information content (AvgIpc) is 3.06. The number of hydrogen-bond acceptors (Lipinski definition) is 12.